The summed E-state index contributed by atoms with van der Waals surface area (Å²) >= 11 is 6.20. The van der Waals surface area contributed by atoms with Crippen LogP contribution in [-0.2, 0) is 0 Å². The van der Waals surface area contributed by atoms with Gasteiger partial charge in [0.05, 0.1) is 24.5 Å². The molecule has 0 saturated carbocycles. The van der Waals surface area contributed by atoms with E-state index in [1.54, 1.807) is 24.3 Å². The molecule has 0 radical (unpaired) electrons. The Morgan fingerprint density at radius 1 is 1.17 bits per heavy atom. The molecule has 2 N–H and O–H groups in total. The van der Waals surface area contributed by atoms with Crippen LogP contribution in [0.5, 0.6) is 11.5 Å². The van der Waals surface area contributed by atoms with Crippen LogP contribution in [0, 0.1) is 0 Å². The molecule has 0 atom stereocenters. The van der Waals surface area contributed by atoms with Gasteiger partial charge in [0.15, 0.2) is 11.5 Å². The fourth-order valence-electron chi connectivity index (χ4n) is 2.17. The molecule has 1 heterocycles. The van der Waals surface area contributed by atoms with Crippen molar-refractivity contribution in [2.75, 3.05) is 18.5 Å². The van der Waals surface area contributed by atoms with E-state index < -0.39 is 6.03 Å². The maximum absolute atomic E-state index is 11.7. The number of nitrogens with one attached hydrogen (secondary N) is 2. The van der Waals surface area contributed by atoms with Gasteiger partial charge in [-0.05, 0) is 29.8 Å². The topological polar surface area (TPSA) is 72.0 Å². The summed E-state index contributed by atoms with van der Waals surface area (Å²) < 4.78 is 11.2. The predicted octanol–water partition coefficient (Wildman–Crippen LogP) is 3.66. The van der Waals surface area contributed by atoms with Gasteiger partial charge in [-0.25, -0.2) is 10.2 Å². The zero-order chi connectivity index (χ0) is 16.8. The highest BCUT2D eigenvalue weighted by atomic mass is 35.5. The van der Waals surface area contributed by atoms with Crippen molar-refractivity contribution in [1.29, 1.82) is 0 Å². The Labute approximate surface area is 144 Å². The summed E-state index contributed by atoms with van der Waals surface area (Å²) in [4.78, 5) is 11.7. The van der Waals surface area contributed by atoms with Crippen LogP contribution in [0.3, 0.4) is 0 Å². The van der Waals surface area contributed by atoms with Crippen molar-refractivity contribution in [1.82, 2.24) is 5.43 Å². The summed E-state index contributed by atoms with van der Waals surface area (Å²) in [6.07, 6.45) is 2.29. The number of benzene rings is 2. The fourth-order valence-corrected chi connectivity index (χ4v) is 2.44. The van der Waals surface area contributed by atoms with Crippen molar-refractivity contribution < 1.29 is 14.3 Å². The first kappa shape index (κ1) is 16.1. The van der Waals surface area contributed by atoms with E-state index in [1.165, 1.54) is 6.21 Å². The van der Waals surface area contributed by atoms with Crippen molar-refractivity contribution in [2.45, 2.75) is 6.42 Å². The lowest BCUT2D eigenvalue weighted by atomic mass is 10.2. The van der Waals surface area contributed by atoms with Crippen LogP contribution in [0.4, 0.5) is 10.5 Å². The van der Waals surface area contributed by atoms with Crippen LogP contribution in [0.15, 0.2) is 47.6 Å². The normalized spacial score (nSPS) is 13.4. The smallest absolute Gasteiger partial charge is 0.339 e. The van der Waals surface area contributed by atoms with E-state index in [2.05, 4.69) is 15.8 Å². The number of anilines is 1. The molecule has 124 valence electrons. The van der Waals surface area contributed by atoms with Gasteiger partial charge < -0.3 is 14.8 Å². The van der Waals surface area contributed by atoms with Crippen LogP contribution < -0.4 is 20.2 Å². The van der Waals surface area contributed by atoms with Gasteiger partial charge in [-0.15, -0.1) is 0 Å². The maximum atomic E-state index is 11.7. The number of amides is 2. The number of nitrogens with zero attached hydrogens (tertiary/aromatic N) is 1. The number of hydrogen-bond acceptors (Lipinski definition) is 4. The average Bonchev–Trinajstić information content (AvgIpc) is 2.81. The minimum atomic E-state index is -0.433. The van der Waals surface area contributed by atoms with Crippen molar-refractivity contribution in [3.63, 3.8) is 0 Å². The van der Waals surface area contributed by atoms with Gasteiger partial charge in [-0.3, -0.25) is 0 Å². The molecule has 2 amide bonds. The zero-order valence-electron chi connectivity index (χ0n) is 12.8. The number of ether oxygens (including phenoxy) is 2. The molecular formula is C17H16ClN3O3. The molecule has 0 saturated heterocycles. The summed E-state index contributed by atoms with van der Waals surface area (Å²) in [5, 5.41) is 7.02. The first-order valence-electron chi connectivity index (χ1n) is 7.46. The van der Waals surface area contributed by atoms with Crippen molar-refractivity contribution in [3.05, 3.63) is 53.1 Å². The third-order valence-electron chi connectivity index (χ3n) is 3.24. The number of para-hydroxylation sites is 1. The Kier molecular flexibility index (Phi) is 5.18. The van der Waals surface area contributed by atoms with Crippen molar-refractivity contribution >= 4 is 29.5 Å². The number of hydrazone groups is 1. The average molecular weight is 346 g/mol. The highest BCUT2D eigenvalue weighted by molar-refractivity contribution is 6.32. The predicted molar refractivity (Wildman–Crippen MR) is 93.2 cm³/mol. The van der Waals surface area contributed by atoms with Crippen LogP contribution in [0.1, 0.15) is 12.0 Å². The van der Waals surface area contributed by atoms with Crippen LogP contribution in [-0.4, -0.2) is 25.5 Å². The molecule has 0 unspecified atom stereocenters. The minimum absolute atomic E-state index is 0.433. The molecule has 0 fully saturated rings. The summed E-state index contributed by atoms with van der Waals surface area (Å²) in [5.41, 5.74) is 3.78. The molecule has 2 aromatic rings. The van der Waals surface area contributed by atoms with E-state index in [0.717, 1.165) is 6.42 Å². The molecule has 0 aromatic heterocycles. The third kappa shape index (κ3) is 4.17. The summed E-state index contributed by atoms with van der Waals surface area (Å²) in [5.74, 6) is 1.12. The Morgan fingerprint density at radius 3 is 2.79 bits per heavy atom. The van der Waals surface area contributed by atoms with E-state index in [1.807, 2.05) is 18.2 Å². The molecule has 0 spiro atoms. The van der Waals surface area contributed by atoms with Crippen molar-refractivity contribution in [2.24, 2.45) is 5.10 Å². The highest BCUT2D eigenvalue weighted by Crippen LogP contribution is 2.37. The molecule has 3 rings (SSSR count). The van der Waals surface area contributed by atoms with Gasteiger partial charge in [-0.2, -0.15) is 5.10 Å². The third-order valence-corrected chi connectivity index (χ3v) is 3.52. The lowest BCUT2D eigenvalue weighted by Gasteiger charge is -2.09. The summed E-state index contributed by atoms with van der Waals surface area (Å²) in [6, 6.07) is 12.1. The van der Waals surface area contributed by atoms with E-state index in [9.17, 15) is 4.79 Å². The first-order valence-corrected chi connectivity index (χ1v) is 7.84. The van der Waals surface area contributed by atoms with E-state index in [0.29, 0.717) is 41.0 Å². The minimum Gasteiger partial charge on any atom is -0.489 e. The molecule has 0 bridgehead atoms. The SMILES string of the molecule is O=C(N/N=C\c1cc(Cl)c2c(c1)OCCCO2)Nc1ccccc1. The lowest BCUT2D eigenvalue weighted by Crippen LogP contribution is -2.24. The van der Waals surface area contributed by atoms with Crippen molar-refractivity contribution in [3.8, 4) is 11.5 Å². The van der Waals surface area contributed by atoms with E-state index in [4.69, 9.17) is 21.1 Å². The molecule has 2 aromatic carbocycles. The zero-order valence-corrected chi connectivity index (χ0v) is 13.5. The van der Waals surface area contributed by atoms with Gasteiger partial charge in [0, 0.05) is 12.1 Å². The summed E-state index contributed by atoms with van der Waals surface area (Å²) in [7, 11) is 0. The molecular weight excluding hydrogens is 330 g/mol. The number of hydrogen-bond donors (Lipinski definition) is 2. The second kappa shape index (κ2) is 7.70. The molecule has 24 heavy (non-hydrogen) atoms. The van der Waals surface area contributed by atoms with E-state index >= 15 is 0 Å². The van der Waals surface area contributed by atoms with Gasteiger partial charge in [0.25, 0.3) is 0 Å². The number of halogens is 1. The van der Waals surface area contributed by atoms with Gasteiger partial charge in [0.2, 0.25) is 0 Å². The number of carbonyl (C=O) groups is 1. The summed E-state index contributed by atoms with van der Waals surface area (Å²) in [6.45, 7) is 1.14. The second-order valence-corrected chi connectivity index (χ2v) is 5.48. The highest BCUT2D eigenvalue weighted by Gasteiger charge is 2.15. The van der Waals surface area contributed by atoms with Crippen LogP contribution in [0.25, 0.3) is 0 Å². The van der Waals surface area contributed by atoms with Crippen LogP contribution >= 0.6 is 11.6 Å². The fraction of sp³-hybridized carbons (Fsp3) is 0.176. The van der Waals surface area contributed by atoms with Gasteiger partial charge >= 0.3 is 6.03 Å². The number of fused-ring (bicyclic) bond motifs is 1. The molecule has 1 aliphatic rings. The molecule has 0 aliphatic carbocycles. The molecule has 7 heteroatoms. The number of rotatable bonds is 3. The van der Waals surface area contributed by atoms with Gasteiger partial charge in [-0.1, -0.05) is 29.8 Å². The van der Waals surface area contributed by atoms with E-state index in [-0.39, 0.29) is 0 Å². The number of carbonyl (C=O) groups excluding carboxylic acids is 1. The Hall–Kier alpha value is -2.73. The maximum Gasteiger partial charge on any atom is 0.339 e. The lowest BCUT2D eigenvalue weighted by molar-refractivity contribution is 0.252. The first-order chi connectivity index (χ1) is 11.7. The molecule has 1 aliphatic heterocycles. The number of urea groups is 1. The monoisotopic (exact) mass is 345 g/mol. The Balaban J connectivity index is 1.63. The second-order valence-electron chi connectivity index (χ2n) is 5.07. The standard InChI is InChI=1S/C17H16ClN3O3/c18-14-9-12(10-15-16(14)24-8-4-7-23-15)11-19-21-17(22)20-13-5-2-1-3-6-13/h1-3,5-6,9-11H,4,7-8H2,(H2,20,21,22)/b19-11-. The quantitative estimate of drug-likeness (QED) is 0.658. The Bertz CT molecular complexity index is 750. The van der Waals surface area contributed by atoms with Gasteiger partial charge in [0.1, 0.15) is 0 Å². The molecule has 6 nitrogen and oxygen atoms in total. The van der Waals surface area contributed by atoms with Crippen LogP contribution in [0.2, 0.25) is 5.02 Å². The largest absolute Gasteiger partial charge is 0.489 e. The Morgan fingerprint density at radius 2 is 1.96 bits per heavy atom.